The molecule has 0 bridgehead atoms. The van der Waals surface area contributed by atoms with Crippen LogP contribution < -0.4 is 0 Å². The van der Waals surface area contributed by atoms with E-state index in [0.717, 1.165) is 0 Å². The second kappa shape index (κ2) is 7.21. The number of rotatable bonds is 7. The maximum atomic E-state index is 11.9. The van der Waals surface area contributed by atoms with E-state index in [-0.39, 0.29) is 32.1 Å². The first-order valence-corrected chi connectivity index (χ1v) is 5.54. The molecule has 0 aliphatic carbocycles. The van der Waals surface area contributed by atoms with E-state index in [0.29, 0.717) is 0 Å². The van der Waals surface area contributed by atoms with E-state index < -0.39 is 5.97 Å². The maximum Gasteiger partial charge on any atom is 0.325 e. The minimum absolute atomic E-state index is 0.0350. The Morgan fingerprint density at radius 1 is 1.56 bits per heavy atom. The molecule has 1 aromatic heterocycles. The number of ether oxygens (including phenoxy) is 1. The molecule has 0 saturated heterocycles. The fourth-order valence-electron chi connectivity index (χ4n) is 1.33. The Kier molecular flexibility index (Phi) is 5.56. The number of esters is 1. The van der Waals surface area contributed by atoms with Crippen LogP contribution in [0.1, 0.15) is 6.92 Å². The van der Waals surface area contributed by atoms with E-state index in [1.165, 1.54) is 22.2 Å². The summed E-state index contributed by atoms with van der Waals surface area (Å²) in [6.45, 7) is 5.79. The summed E-state index contributed by atoms with van der Waals surface area (Å²) in [6.07, 6.45) is 4.34. The van der Waals surface area contributed by atoms with Crippen molar-refractivity contribution in [1.29, 1.82) is 0 Å². The molecule has 0 atom stereocenters. The third-order valence-corrected chi connectivity index (χ3v) is 2.09. The highest BCUT2D eigenvalue weighted by Crippen LogP contribution is 1.95. The Morgan fingerprint density at radius 2 is 2.33 bits per heavy atom. The molecule has 7 nitrogen and oxygen atoms in total. The SMILES string of the molecule is C=CCN(CC(=O)OCC)C(=O)Cn1cncn1. The van der Waals surface area contributed by atoms with Crippen LogP contribution in [-0.2, 0) is 20.9 Å². The van der Waals surface area contributed by atoms with Gasteiger partial charge in [0.15, 0.2) is 0 Å². The maximum absolute atomic E-state index is 11.9. The summed E-state index contributed by atoms with van der Waals surface area (Å²) >= 11 is 0. The van der Waals surface area contributed by atoms with E-state index in [2.05, 4.69) is 16.7 Å². The van der Waals surface area contributed by atoms with Gasteiger partial charge in [0.1, 0.15) is 25.7 Å². The average molecular weight is 252 g/mol. The van der Waals surface area contributed by atoms with Crippen molar-refractivity contribution in [3.63, 3.8) is 0 Å². The highest BCUT2D eigenvalue weighted by atomic mass is 16.5. The standard InChI is InChI=1S/C11H16N4O3/c1-3-5-14(7-11(17)18-4-2)10(16)6-15-9-12-8-13-15/h3,8-9H,1,4-7H2,2H3. The number of hydrogen-bond acceptors (Lipinski definition) is 5. The average Bonchev–Trinajstić information content (AvgIpc) is 2.81. The van der Waals surface area contributed by atoms with Crippen molar-refractivity contribution in [2.75, 3.05) is 19.7 Å². The lowest BCUT2D eigenvalue weighted by atomic mass is 10.4. The van der Waals surface area contributed by atoms with Gasteiger partial charge in [-0.15, -0.1) is 6.58 Å². The van der Waals surface area contributed by atoms with Gasteiger partial charge >= 0.3 is 5.97 Å². The minimum atomic E-state index is -0.439. The van der Waals surface area contributed by atoms with Crippen LogP contribution >= 0.6 is 0 Å². The molecule has 1 rings (SSSR count). The molecule has 18 heavy (non-hydrogen) atoms. The van der Waals surface area contributed by atoms with Crippen LogP contribution in [0.15, 0.2) is 25.3 Å². The van der Waals surface area contributed by atoms with Crippen molar-refractivity contribution in [3.05, 3.63) is 25.3 Å². The van der Waals surface area contributed by atoms with Crippen LogP contribution in [0.2, 0.25) is 0 Å². The molecule has 0 N–H and O–H groups in total. The van der Waals surface area contributed by atoms with Gasteiger partial charge in [0.05, 0.1) is 6.61 Å². The molecular weight excluding hydrogens is 236 g/mol. The molecule has 1 heterocycles. The first-order valence-electron chi connectivity index (χ1n) is 5.54. The molecule has 7 heteroatoms. The van der Waals surface area contributed by atoms with Gasteiger partial charge in [-0.05, 0) is 6.92 Å². The fourth-order valence-corrected chi connectivity index (χ4v) is 1.33. The monoisotopic (exact) mass is 252 g/mol. The van der Waals surface area contributed by atoms with Crippen LogP contribution in [-0.4, -0.2) is 51.2 Å². The molecule has 0 spiro atoms. The summed E-state index contributed by atoms with van der Waals surface area (Å²) in [7, 11) is 0. The number of nitrogens with zero attached hydrogens (tertiary/aromatic N) is 4. The number of carbonyl (C=O) groups is 2. The van der Waals surface area contributed by atoms with E-state index in [1.807, 2.05) is 0 Å². The van der Waals surface area contributed by atoms with E-state index in [1.54, 1.807) is 13.0 Å². The molecule has 0 aliphatic heterocycles. The molecular formula is C11H16N4O3. The number of hydrogen-bond donors (Lipinski definition) is 0. The van der Waals surface area contributed by atoms with Gasteiger partial charge < -0.3 is 9.64 Å². The van der Waals surface area contributed by atoms with Crippen LogP contribution in [0, 0.1) is 0 Å². The lowest BCUT2D eigenvalue weighted by molar-refractivity contribution is -0.148. The van der Waals surface area contributed by atoms with Gasteiger partial charge in [0.25, 0.3) is 0 Å². The zero-order chi connectivity index (χ0) is 13.4. The fraction of sp³-hybridized carbons (Fsp3) is 0.455. The third kappa shape index (κ3) is 4.36. The first-order chi connectivity index (χ1) is 8.67. The highest BCUT2D eigenvalue weighted by molar-refractivity contribution is 5.82. The molecule has 0 aromatic carbocycles. The van der Waals surface area contributed by atoms with Crippen molar-refractivity contribution < 1.29 is 14.3 Å². The quantitative estimate of drug-likeness (QED) is 0.498. The van der Waals surface area contributed by atoms with Gasteiger partial charge in [-0.25, -0.2) is 9.67 Å². The van der Waals surface area contributed by atoms with Crippen LogP contribution in [0.4, 0.5) is 0 Å². The Hall–Kier alpha value is -2.18. The van der Waals surface area contributed by atoms with E-state index in [9.17, 15) is 9.59 Å². The van der Waals surface area contributed by atoms with Gasteiger partial charge in [-0.1, -0.05) is 6.08 Å². The minimum Gasteiger partial charge on any atom is -0.465 e. The smallest absolute Gasteiger partial charge is 0.325 e. The van der Waals surface area contributed by atoms with Crippen LogP contribution in [0.3, 0.4) is 0 Å². The molecule has 0 radical (unpaired) electrons. The van der Waals surface area contributed by atoms with Crippen molar-refractivity contribution in [2.45, 2.75) is 13.5 Å². The lowest BCUT2D eigenvalue weighted by Crippen LogP contribution is -2.38. The van der Waals surface area contributed by atoms with Crippen molar-refractivity contribution in [2.24, 2.45) is 0 Å². The van der Waals surface area contributed by atoms with Crippen molar-refractivity contribution >= 4 is 11.9 Å². The van der Waals surface area contributed by atoms with E-state index in [4.69, 9.17) is 4.74 Å². The second-order valence-corrected chi connectivity index (χ2v) is 3.46. The number of amides is 1. The normalized spacial score (nSPS) is 9.83. The van der Waals surface area contributed by atoms with Gasteiger partial charge in [-0.2, -0.15) is 5.10 Å². The predicted octanol–water partition coefficient (Wildman–Crippen LogP) is -0.144. The Labute approximate surface area is 105 Å². The van der Waals surface area contributed by atoms with E-state index >= 15 is 0 Å². The highest BCUT2D eigenvalue weighted by Gasteiger charge is 2.17. The first kappa shape index (κ1) is 13.9. The zero-order valence-corrected chi connectivity index (χ0v) is 10.3. The van der Waals surface area contributed by atoms with Gasteiger partial charge in [0.2, 0.25) is 5.91 Å². The zero-order valence-electron chi connectivity index (χ0n) is 10.3. The Balaban J connectivity index is 2.57. The summed E-state index contributed by atoms with van der Waals surface area (Å²) < 4.78 is 6.19. The molecule has 1 aromatic rings. The topological polar surface area (TPSA) is 77.3 Å². The third-order valence-electron chi connectivity index (χ3n) is 2.09. The predicted molar refractivity (Wildman–Crippen MR) is 63.4 cm³/mol. The Morgan fingerprint density at radius 3 is 2.89 bits per heavy atom. The summed E-state index contributed by atoms with van der Waals surface area (Å²) in [5.74, 6) is -0.681. The molecule has 1 amide bonds. The number of aromatic nitrogens is 3. The molecule has 0 unspecified atom stereocenters. The Bertz CT molecular complexity index is 402. The summed E-state index contributed by atoms with van der Waals surface area (Å²) in [6, 6.07) is 0. The molecule has 0 aliphatic rings. The van der Waals surface area contributed by atoms with Gasteiger partial charge in [-0.3, -0.25) is 9.59 Å². The molecule has 0 fully saturated rings. The lowest BCUT2D eigenvalue weighted by Gasteiger charge is -2.19. The summed E-state index contributed by atoms with van der Waals surface area (Å²) in [5, 5.41) is 3.83. The number of carbonyl (C=O) groups excluding carboxylic acids is 2. The largest absolute Gasteiger partial charge is 0.465 e. The summed E-state index contributed by atoms with van der Waals surface area (Å²) in [5.41, 5.74) is 0. The van der Waals surface area contributed by atoms with Crippen LogP contribution in [0.5, 0.6) is 0 Å². The molecule has 0 saturated carbocycles. The van der Waals surface area contributed by atoms with Gasteiger partial charge in [0, 0.05) is 6.54 Å². The van der Waals surface area contributed by atoms with Crippen LogP contribution in [0.25, 0.3) is 0 Å². The second-order valence-electron chi connectivity index (χ2n) is 3.46. The molecule has 98 valence electrons. The van der Waals surface area contributed by atoms with Crippen molar-refractivity contribution in [3.8, 4) is 0 Å². The summed E-state index contributed by atoms with van der Waals surface area (Å²) in [4.78, 5) is 28.4. The van der Waals surface area contributed by atoms with Crippen molar-refractivity contribution in [1.82, 2.24) is 19.7 Å².